The molecule has 2 aromatic carbocycles. The lowest BCUT2D eigenvalue weighted by Gasteiger charge is -2.10. The van der Waals surface area contributed by atoms with Crippen LogP contribution in [0.2, 0.25) is 5.02 Å². The smallest absolute Gasteiger partial charge is 0.310 e. The number of ether oxygens (including phenoxy) is 3. The number of esters is 1. The van der Waals surface area contributed by atoms with Gasteiger partial charge in [-0.25, -0.2) is 4.99 Å². The van der Waals surface area contributed by atoms with Crippen molar-refractivity contribution in [1.29, 1.82) is 0 Å². The average molecular weight is 447 g/mol. The molecule has 0 atom stereocenters. The fourth-order valence-electron chi connectivity index (χ4n) is 2.56. The fourth-order valence-corrected chi connectivity index (χ4v) is 3.70. The van der Waals surface area contributed by atoms with Crippen LogP contribution in [0.1, 0.15) is 18.9 Å². The highest BCUT2D eigenvalue weighted by molar-refractivity contribution is 8.18. The van der Waals surface area contributed by atoms with Crippen LogP contribution in [0.4, 0.5) is 5.69 Å². The molecular weight excluding hydrogens is 428 g/mol. The van der Waals surface area contributed by atoms with Gasteiger partial charge in [-0.2, -0.15) is 0 Å². The van der Waals surface area contributed by atoms with Crippen LogP contribution in [0.25, 0.3) is 6.08 Å². The molecule has 156 valence electrons. The number of rotatable bonds is 6. The maximum atomic E-state index is 12.3. The molecule has 0 aromatic heterocycles. The van der Waals surface area contributed by atoms with Gasteiger partial charge in [0, 0.05) is 6.42 Å². The zero-order valence-electron chi connectivity index (χ0n) is 16.5. The Morgan fingerprint density at radius 3 is 2.57 bits per heavy atom. The minimum atomic E-state index is -0.308. The summed E-state index contributed by atoms with van der Waals surface area (Å²) in [6.07, 6.45) is 2.00. The van der Waals surface area contributed by atoms with Gasteiger partial charge in [0.05, 0.1) is 29.8 Å². The molecule has 3 rings (SSSR count). The Bertz CT molecular complexity index is 1030. The summed E-state index contributed by atoms with van der Waals surface area (Å²) in [4.78, 5) is 28.5. The molecule has 7 nitrogen and oxygen atoms in total. The summed E-state index contributed by atoms with van der Waals surface area (Å²) in [7, 11) is 3.02. The Kier molecular flexibility index (Phi) is 7.02. The minimum Gasteiger partial charge on any atom is -0.493 e. The molecule has 1 fully saturated rings. The number of carbonyl (C=O) groups excluding carboxylic acids is 2. The molecule has 1 saturated heterocycles. The zero-order chi connectivity index (χ0) is 21.7. The van der Waals surface area contributed by atoms with Crippen molar-refractivity contribution in [2.45, 2.75) is 13.3 Å². The Morgan fingerprint density at radius 2 is 1.93 bits per heavy atom. The van der Waals surface area contributed by atoms with Gasteiger partial charge in [0.2, 0.25) is 0 Å². The molecular formula is C21H19ClN2O5S. The number of hydrogen-bond donors (Lipinski definition) is 1. The van der Waals surface area contributed by atoms with E-state index in [1.807, 2.05) is 0 Å². The first-order chi connectivity index (χ1) is 14.4. The number of halogens is 1. The van der Waals surface area contributed by atoms with E-state index in [9.17, 15) is 9.59 Å². The molecule has 0 saturated carbocycles. The summed E-state index contributed by atoms with van der Waals surface area (Å²) >= 11 is 7.43. The molecule has 1 heterocycles. The van der Waals surface area contributed by atoms with Gasteiger partial charge in [0.25, 0.3) is 5.91 Å². The lowest BCUT2D eigenvalue weighted by atomic mass is 10.2. The van der Waals surface area contributed by atoms with Crippen LogP contribution in [0.15, 0.2) is 46.3 Å². The van der Waals surface area contributed by atoms with Crippen molar-refractivity contribution in [3.8, 4) is 17.2 Å². The Hall–Kier alpha value is -2.97. The van der Waals surface area contributed by atoms with Gasteiger partial charge in [-0.15, -0.1) is 0 Å². The third kappa shape index (κ3) is 5.14. The minimum absolute atomic E-state index is 0.266. The first kappa shape index (κ1) is 21.7. The van der Waals surface area contributed by atoms with Crippen LogP contribution in [-0.4, -0.2) is 31.3 Å². The number of nitrogens with zero attached hydrogens (tertiary/aromatic N) is 1. The van der Waals surface area contributed by atoms with Crippen LogP contribution in [0.5, 0.6) is 17.2 Å². The first-order valence-electron chi connectivity index (χ1n) is 8.95. The molecule has 9 heteroatoms. The third-order valence-corrected chi connectivity index (χ3v) is 5.18. The molecule has 0 radical (unpaired) electrons. The summed E-state index contributed by atoms with van der Waals surface area (Å²) in [5.41, 5.74) is 1.31. The van der Waals surface area contributed by atoms with E-state index in [1.54, 1.807) is 49.4 Å². The second-order valence-electron chi connectivity index (χ2n) is 6.04. The first-order valence-corrected chi connectivity index (χ1v) is 10.1. The van der Waals surface area contributed by atoms with Crippen molar-refractivity contribution < 1.29 is 23.8 Å². The second kappa shape index (κ2) is 9.69. The molecule has 1 amide bonds. The summed E-state index contributed by atoms with van der Waals surface area (Å²) < 4.78 is 15.6. The van der Waals surface area contributed by atoms with Crippen molar-refractivity contribution in [3.63, 3.8) is 0 Å². The van der Waals surface area contributed by atoms with E-state index in [0.717, 1.165) is 0 Å². The molecule has 1 aliphatic heterocycles. The molecule has 0 bridgehead atoms. The highest BCUT2D eigenvalue weighted by Gasteiger charge is 2.24. The summed E-state index contributed by atoms with van der Waals surface area (Å²) in [6.45, 7) is 1.73. The number of hydrogen-bond acceptors (Lipinski definition) is 7. The van der Waals surface area contributed by atoms with E-state index >= 15 is 0 Å². The highest BCUT2D eigenvalue weighted by Crippen LogP contribution is 2.37. The number of thioether (sulfide) groups is 1. The van der Waals surface area contributed by atoms with Crippen molar-refractivity contribution in [1.82, 2.24) is 5.32 Å². The standard InChI is InChI=1S/C21H19ClN2O5S/c1-4-18(25)29-14-7-5-13(6-8-14)23-21-24-20(26)17(30-21)11-12-9-15(22)19(28-3)16(10-12)27-2/h5-11H,4H2,1-3H3,(H,23,24,26). The monoisotopic (exact) mass is 446 g/mol. The van der Waals surface area contributed by atoms with Crippen molar-refractivity contribution in [2.75, 3.05) is 14.2 Å². The lowest BCUT2D eigenvalue weighted by molar-refractivity contribution is -0.134. The number of amides is 1. The Labute approximate surface area is 183 Å². The molecule has 1 N–H and O–H groups in total. The number of carbonyl (C=O) groups is 2. The molecule has 0 spiro atoms. The largest absolute Gasteiger partial charge is 0.493 e. The van der Waals surface area contributed by atoms with Gasteiger partial charge in [-0.1, -0.05) is 18.5 Å². The number of aliphatic imine (C=N–C) groups is 1. The van der Waals surface area contributed by atoms with Crippen LogP contribution >= 0.6 is 23.4 Å². The molecule has 1 aliphatic rings. The van der Waals surface area contributed by atoms with Crippen molar-refractivity contribution >= 4 is 52.2 Å². The van der Waals surface area contributed by atoms with Crippen LogP contribution < -0.4 is 19.5 Å². The van der Waals surface area contributed by atoms with Gasteiger partial charge < -0.3 is 19.5 Å². The lowest BCUT2D eigenvalue weighted by Crippen LogP contribution is -2.19. The second-order valence-corrected chi connectivity index (χ2v) is 7.48. The van der Waals surface area contributed by atoms with Crippen molar-refractivity contribution in [2.24, 2.45) is 4.99 Å². The van der Waals surface area contributed by atoms with E-state index in [2.05, 4.69) is 10.3 Å². The van der Waals surface area contributed by atoms with Gasteiger partial charge in [0.15, 0.2) is 16.7 Å². The van der Waals surface area contributed by atoms with Gasteiger partial charge in [0.1, 0.15) is 5.75 Å². The van der Waals surface area contributed by atoms with E-state index in [1.165, 1.54) is 26.0 Å². The van der Waals surface area contributed by atoms with E-state index in [4.69, 9.17) is 25.8 Å². The normalized spacial score (nSPS) is 15.9. The van der Waals surface area contributed by atoms with Crippen LogP contribution in [0, 0.1) is 0 Å². The Balaban J connectivity index is 1.78. The molecule has 0 unspecified atom stereocenters. The molecule has 0 aliphatic carbocycles. The fraction of sp³-hybridized carbons (Fsp3) is 0.190. The van der Waals surface area contributed by atoms with E-state index in [-0.39, 0.29) is 11.9 Å². The maximum absolute atomic E-state index is 12.3. The number of amidine groups is 1. The predicted octanol–water partition coefficient (Wildman–Crippen LogP) is 4.56. The average Bonchev–Trinajstić information content (AvgIpc) is 3.07. The van der Waals surface area contributed by atoms with Crippen LogP contribution in [0.3, 0.4) is 0 Å². The third-order valence-electron chi connectivity index (χ3n) is 3.99. The molecule has 2 aromatic rings. The quantitative estimate of drug-likeness (QED) is 0.397. The van der Waals surface area contributed by atoms with Crippen LogP contribution in [-0.2, 0) is 9.59 Å². The number of methoxy groups -OCH3 is 2. The van der Waals surface area contributed by atoms with E-state index in [0.29, 0.717) is 50.0 Å². The molecule has 30 heavy (non-hydrogen) atoms. The summed E-state index contributed by atoms with van der Waals surface area (Å²) in [5.74, 6) is 0.772. The van der Waals surface area contributed by atoms with Crippen molar-refractivity contribution in [3.05, 3.63) is 51.9 Å². The van der Waals surface area contributed by atoms with Gasteiger partial charge >= 0.3 is 5.97 Å². The predicted molar refractivity (Wildman–Crippen MR) is 118 cm³/mol. The summed E-state index contributed by atoms with van der Waals surface area (Å²) in [6, 6.07) is 10.1. The van der Waals surface area contributed by atoms with E-state index < -0.39 is 0 Å². The highest BCUT2D eigenvalue weighted by atomic mass is 35.5. The maximum Gasteiger partial charge on any atom is 0.310 e. The Morgan fingerprint density at radius 1 is 1.20 bits per heavy atom. The topological polar surface area (TPSA) is 86.2 Å². The summed E-state index contributed by atoms with van der Waals surface area (Å²) in [5, 5.41) is 3.55. The number of nitrogens with one attached hydrogen (secondary N) is 1. The zero-order valence-corrected chi connectivity index (χ0v) is 18.1. The van der Waals surface area contributed by atoms with Gasteiger partial charge in [-0.3, -0.25) is 9.59 Å². The SMILES string of the molecule is CCC(=O)Oc1ccc(N=C2NC(=O)C(=Cc3cc(Cl)c(OC)c(OC)c3)S2)cc1. The number of benzene rings is 2. The van der Waals surface area contributed by atoms with Gasteiger partial charge in [-0.05, 0) is 59.8 Å².